The van der Waals surface area contributed by atoms with Crippen molar-refractivity contribution >= 4 is 24.2 Å². The van der Waals surface area contributed by atoms with Crippen molar-refractivity contribution in [2.24, 2.45) is 17.8 Å². The predicted molar refractivity (Wildman–Crippen MR) is 259 cm³/mol. The van der Waals surface area contributed by atoms with E-state index in [0.29, 0.717) is 13.0 Å². The van der Waals surface area contributed by atoms with Gasteiger partial charge in [-0.1, -0.05) is 20.8 Å². The first-order valence-electron chi connectivity index (χ1n) is 25.9. The Kier molecular flexibility index (Phi) is 21.4. The number of likely N-dealkylation sites (N-methyl/N-ethyl adjacent to an activating group) is 2. The van der Waals surface area contributed by atoms with Gasteiger partial charge in [0, 0.05) is 45.5 Å². The van der Waals surface area contributed by atoms with Crippen LogP contribution in [0.15, 0.2) is 0 Å². The third kappa shape index (κ3) is 14.1. The topological polar surface area (TPSA) is 299 Å². The summed E-state index contributed by atoms with van der Waals surface area (Å²) in [5, 5.41) is 55.5. The largest absolute Gasteiger partial charge is 0.509 e. The van der Waals surface area contributed by atoms with Crippen molar-refractivity contribution in [2.75, 3.05) is 54.6 Å². The zero-order valence-electron chi connectivity index (χ0n) is 45.9. The molecular formula is C50H87N3O21. The standard InChI is InChI=1S/C50H87N3O21/c1-16-33-50(11)41(73-47(61)74-50)28(6)53(14)22-24(2)20-48(9,62)40(71-45-39(67-30(8)55)31(52(12)13)19-25(3)65-45)26(4)38(27(5)43(59)69-33)70-34-21-49(10,63-15)42(29(7)66-34)72-46(60)51-17-18-64-44-37(58)36(57)35(56)32(23-54)68-44/h24-29,31-42,44-45,54,56-58,62H,16-23H2,1-15H3,(H,51,60)/t24-,25-,26-,27-,28-,29+,31+,32-,33-,34+,35-,36+,37-,38-,39-,40-,41-,42+,44-,45+,48-,49-,50-/m1/s1. The molecule has 5 aliphatic heterocycles. The van der Waals surface area contributed by atoms with Gasteiger partial charge in [0.25, 0.3) is 0 Å². The second-order valence-corrected chi connectivity index (χ2v) is 22.0. The van der Waals surface area contributed by atoms with E-state index in [4.69, 9.17) is 56.8 Å². The van der Waals surface area contributed by atoms with Crippen LogP contribution < -0.4 is 5.32 Å². The number of methoxy groups -OCH3 is 1. The Morgan fingerprint density at radius 3 is 2.16 bits per heavy atom. The molecule has 0 aromatic heterocycles. The van der Waals surface area contributed by atoms with Crippen LogP contribution in [0.1, 0.15) is 102 Å². The molecule has 5 fully saturated rings. The van der Waals surface area contributed by atoms with Crippen molar-refractivity contribution in [3.63, 3.8) is 0 Å². The van der Waals surface area contributed by atoms with E-state index in [1.165, 1.54) is 14.0 Å². The smallest absolute Gasteiger partial charge is 0.458 e. The lowest BCUT2D eigenvalue weighted by Gasteiger charge is -2.49. The number of nitrogens with one attached hydrogen (secondary N) is 1. The molecule has 0 aliphatic carbocycles. The number of hydrogen-bond acceptors (Lipinski definition) is 23. The number of nitrogens with zero attached hydrogens (tertiary/aromatic N) is 2. The van der Waals surface area contributed by atoms with E-state index in [2.05, 4.69) is 5.32 Å². The lowest BCUT2D eigenvalue weighted by Crippen LogP contribution is -2.61. The van der Waals surface area contributed by atoms with Crippen LogP contribution in [0.3, 0.4) is 0 Å². The minimum atomic E-state index is -1.69. The SMILES string of the molecule is CC[C@H]1OC(=O)[C@H](C)[C@H](O[C@H]2C[C@@](C)(OC)[C@@H](OC(=O)NCCO[C@@H]3O[C@H](CO)[C@@H](O)[C@H](O)[C@H]3O)[C@H](C)O2)[C@@H](C)[C@@H](O[C@@H]2O[C@H](C)C[C@H](N(C)C)[C@H]2OC(C)=O)[C@](C)(O)C[C@@H](C)CN(C)[C@H](C)[C@H]2OC(=O)O[C@@]21C. The zero-order chi connectivity index (χ0) is 55.4. The van der Waals surface area contributed by atoms with E-state index in [0.717, 1.165) is 0 Å². The molecule has 74 heavy (non-hydrogen) atoms. The number of carbonyl (C=O) groups excluding carboxylic acids is 4. The van der Waals surface area contributed by atoms with Gasteiger partial charge in [0.2, 0.25) is 0 Å². The number of aliphatic hydroxyl groups is 5. The molecule has 24 heteroatoms. The zero-order valence-corrected chi connectivity index (χ0v) is 45.9. The highest BCUT2D eigenvalue weighted by atomic mass is 16.8. The molecule has 5 heterocycles. The van der Waals surface area contributed by atoms with Crippen molar-refractivity contribution < 1.29 is 102 Å². The Morgan fingerprint density at radius 2 is 1.55 bits per heavy atom. The summed E-state index contributed by atoms with van der Waals surface area (Å²) >= 11 is 0. The van der Waals surface area contributed by atoms with Gasteiger partial charge in [0.15, 0.2) is 42.8 Å². The molecule has 0 saturated carbocycles. The van der Waals surface area contributed by atoms with Gasteiger partial charge in [0.05, 0.1) is 55.2 Å². The Hall–Kier alpha value is -3.08. The van der Waals surface area contributed by atoms with Crippen LogP contribution in [0.4, 0.5) is 9.59 Å². The van der Waals surface area contributed by atoms with Crippen molar-refractivity contribution in [3.05, 3.63) is 0 Å². The van der Waals surface area contributed by atoms with Crippen molar-refractivity contribution in [2.45, 2.75) is 223 Å². The number of alkyl carbamates (subject to hydrolysis) is 1. The maximum Gasteiger partial charge on any atom is 0.509 e. The Bertz CT molecular complexity index is 1870. The molecule has 5 rings (SSSR count). The number of rotatable bonds is 14. The molecule has 0 unspecified atom stereocenters. The first kappa shape index (κ1) is 61.8. The fourth-order valence-corrected chi connectivity index (χ4v) is 11.5. The molecule has 0 spiro atoms. The van der Waals surface area contributed by atoms with Crippen molar-refractivity contribution in [1.82, 2.24) is 15.1 Å². The highest BCUT2D eigenvalue weighted by molar-refractivity contribution is 5.73. The molecule has 0 aromatic rings. The van der Waals surface area contributed by atoms with Gasteiger partial charge < -0.3 is 92.6 Å². The lowest BCUT2D eigenvalue weighted by atomic mass is 9.77. The van der Waals surface area contributed by atoms with Gasteiger partial charge in [0.1, 0.15) is 36.1 Å². The van der Waals surface area contributed by atoms with Crippen LogP contribution in [-0.2, 0) is 66.4 Å². The maximum atomic E-state index is 14.8. The van der Waals surface area contributed by atoms with Gasteiger partial charge in [-0.2, -0.15) is 0 Å². The Balaban J connectivity index is 1.47. The summed E-state index contributed by atoms with van der Waals surface area (Å²) < 4.78 is 73.6. The van der Waals surface area contributed by atoms with E-state index in [1.54, 1.807) is 41.5 Å². The van der Waals surface area contributed by atoms with Gasteiger partial charge >= 0.3 is 24.2 Å². The molecule has 5 aliphatic rings. The van der Waals surface area contributed by atoms with Crippen molar-refractivity contribution in [3.8, 4) is 0 Å². The minimum absolute atomic E-state index is 0.0485. The van der Waals surface area contributed by atoms with Crippen LogP contribution in [-0.4, -0.2) is 235 Å². The summed E-state index contributed by atoms with van der Waals surface area (Å²) in [5.74, 6) is -3.53. The number of ether oxygens (including phenoxy) is 12. The molecule has 5 saturated heterocycles. The average molecular weight is 1070 g/mol. The van der Waals surface area contributed by atoms with E-state index in [1.807, 2.05) is 58.6 Å². The van der Waals surface area contributed by atoms with Gasteiger partial charge in [-0.3, -0.25) is 14.5 Å². The molecule has 1 amide bonds. The third-order valence-electron chi connectivity index (χ3n) is 15.6. The van der Waals surface area contributed by atoms with Crippen LogP contribution in [0.25, 0.3) is 0 Å². The van der Waals surface area contributed by atoms with E-state index >= 15 is 0 Å². The molecule has 0 bridgehead atoms. The monoisotopic (exact) mass is 1070 g/mol. The lowest BCUT2D eigenvalue weighted by molar-refractivity contribution is -0.318. The molecule has 23 atom stereocenters. The quantitative estimate of drug-likeness (QED) is 0.0809. The van der Waals surface area contributed by atoms with Crippen LogP contribution in [0.5, 0.6) is 0 Å². The number of cyclic esters (lactones) is 1. The highest BCUT2D eigenvalue weighted by Crippen LogP contribution is 2.43. The number of fused-ring (bicyclic) bond motifs is 1. The fourth-order valence-electron chi connectivity index (χ4n) is 11.5. The second-order valence-electron chi connectivity index (χ2n) is 22.0. The summed E-state index contributed by atoms with van der Waals surface area (Å²) in [6.07, 6.45) is -18.0. The van der Waals surface area contributed by atoms with Gasteiger partial charge in [-0.15, -0.1) is 0 Å². The van der Waals surface area contributed by atoms with E-state index < -0.39 is 151 Å². The summed E-state index contributed by atoms with van der Waals surface area (Å²) in [7, 11) is 7.06. The van der Waals surface area contributed by atoms with Crippen LogP contribution in [0.2, 0.25) is 0 Å². The average Bonchev–Trinajstić information content (AvgIpc) is 3.64. The number of amides is 1. The first-order valence-corrected chi connectivity index (χ1v) is 25.9. The molecule has 428 valence electrons. The summed E-state index contributed by atoms with van der Waals surface area (Å²) in [4.78, 5) is 57.7. The summed E-state index contributed by atoms with van der Waals surface area (Å²) in [6, 6.07) is -0.765. The summed E-state index contributed by atoms with van der Waals surface area (Å²) in [5.41, 5.74) is -4.36. The molecule has 0 radical (unpaired) electrons. The van der Waals surface area contributed by atoms with Crippen molar-refractivity contribution in [1.29, 1.82) is 0 Å². The molecular weight excluding hydrogens is 979 g/mol. The maximum absolute atomic E-state index is 14.8. The number of hydrogen-bond donors (Lipinski definition) is 6. The van der Waals surface area contributed by atoms with Gasteiger partial charge in [-0.25, -0.2) is 9.59 Å². The molecule has 0 aromatic carbocycles. The third-order valence-corrected chi connectivity index (χ3v) is 15.6. The first-order chi connectivity index (χ1) is 34.5. The number of esters is 2. The van der Waals surface area contributed by atoms with E-state index in [9.17, 15) is 44.7 Å². The molecule has 24 nitrogen and oxygen atoms in total. The van der Waals surface area contributed by atoms with Crippen LogP contribution >= 0.6 is 0 Å². The second kappa shape index (κ2) is 25.6. The number of carbonyl (C=O) groups is 4. The predicted octanol–water partition coefficient (Wildman–Crippen LogP) is 1.20. The normalized spacial score (nSPS) is 45.0. The van der Waals surface area contributed by atoms with Crippen LogP contribution in [0, 0.1) is 17.8 Å². The summed E-state index contributed by atoms with van der Waals surface area (Å²) in [6.45, 7) is 18.4. The number of aliphatic hydroxyl groups excluding tert-OH is 4. The Labute approximate surface area is 435 Å². The minimum Gasteiger partial charge on any atom is -0.458 e. The van der Waals surface area contributed by atoms with Gasteiger partial charge in [-0.05, 0) is 94.8 Å². The van der Waals surface area contributed by atoms with E-state index in [-0.39, 0.29) is 50.5 Å². The highest BCUT2D eigenvalue weighted by Gasteiger charge is 2.59. The molecule has 6 N–H and O–H groups in total. The fraction of sp³-hybridized carbons (Fsp3) is 0.920. The Morgan fingerprint density at radius 1 is 0.878 bits per heavy atom.